The van der Waals surface area contributed by atoms with Crippen LogP contribution < -0.4 is 10.6 Å². The minimum Gasteiger partial charge on any atom is -0.382 e. The lowest BCUT2D eigenvalue weighted by molar-refractivity contribution is 0.0719. The summed E-state index contributed by atoms with van der Waals surface area (Å²) < 4.78 is 5.39. The number of rotatable bonds is 3. The van der Waals surface area contributed by atoms with E-state index < -0.39 is 0 Å². The zero-order chi connectivity index (χ0) is 13.1. The molecule has 18 heavy (non-hydrogen) atoms. The van der Waals surface area contributed by atoms with E-state index in [9.17, 15) is 0 Å². The van der Waals surface area contributed by atoms with E-state index in [1.165, 1.54) is 0 Å². The van der Waals surface area contributed by atoms with Gasteiger partial charge in [0.05, 0.1) is 18.5 Å². The van der Waals surface area contributed by atoms with Gasteiger partial charge >= 0.3 is 0 Å². The number of hydrogen-bond donors (Lipinski definition) is 2. The number of nitrogens with two attached hydrogens (primary N) is 1. The van der Waals surface area contributed by atoms with Gasteiger partial charge in [0.1, 0.15) is 17.3 Å². The van der Waals surface area contributed by atoms with Gasteiger partial charge in [-0.1, -0.05) is 0 Å². The maximum absolute atomic E-state index is 7.29. The van der Waals surface area contributed by atoms with E-state index in [0.717, 1.165) is 25.2 Å². The van der Waals surface area contributed by atoms with E-state index in [1.54, 1.807) is 19.5 Å². The van der Waals surface area contributed by atoms with E-state index in [2.05, 4.69) is 21.8 Å². The molecule has 1 fully saturated rings. The predicted molar refractivity (Wildman–Crippen MR) is 69.9 cm³/mol. The van der Waals surface area contributed by atoms with Crippen molar-refractivity contribution in [1.82, 2.24) is 9.97 Å². The fraction of sp³-hybridized carbons (Fsp3) is 0.583. The summed E-state index contributed by atoms with van der Waals surface area (Å²) in [6.45, 7) is 3.07. The van der Waals surface area contributed by atoms with Gasteiger partial charge < -0.3 is 15.4 Å². The van der Waals surface area contributed by atoms with Crippen molar-refractivity contribution in [2.45, 2.75) is 31.9 Å². The van der Waals surface area contributed by atoms with Gasteiger partial charge in [-0.3, -0.25) is 5.41 Å². The third-order valence-corrected chi connectivity index (χ3v) is 3.37. The van der Waals surface area contributed by atoms with E-state index in [-0.39, 0.29) is 5.84 Å². The molecule has 1 aliphatic heterocycles. The number of anilines is 1. The number of aromatic nitrogens is 2. The molecule has 0 aromatic carbocycles. The zero-order valence-corrected chi connectivity index (χ0v) is 10.8. The highest BCUT2D eigenvalue weighted by Gasteiger charge is 2.26. The molecule has 1 aromatic heterocycles. The molecule has 1 saturated heterocycles. The van der Waals surface area contributed by atoms with Gasteiger partial charge in [-0.15, -0.1) is 0 Å². The Kier molecular flexibility index (Phi) is 3.76. The minimum absolute atomic E-state index is 0.0554. The molecule has 0 spiro atoms. The van der Waals surface area contributed by atoms with Crippen LogP contribution in [-0.2, 0) is 4.74 Å². The standard InChI is InChI=1S/C12H19N5O/c1-8-5-9(18-2)3-4-17(8)11-7-15-10(6-16-11)12(13)14/h6-9H,3-5H2,1-2H3,(H3,13,14). The van der Waals surface area contributed by atoms with Gasteiger partial charge in [0.25, 0.3) is 0 Å². The van der Waals surface area contributed by atoms with Crippen molar-refractivity contribution in [2.24, 2.45) is 5.73 Å². The van der Waals surface area contributed by atoms with Gasteiger partial charge in [-0.2, -0.15) is 0 Å². The van der Waals surface area contributed by atoms with Crippen LogP contribution in [0.5, 0.6) is 0 Å². The van der Waals surface area contributed by atoms with Crippen LogP contribution in [0.25, 0.3) is 0 Å². The summed E-state index contributed by atoms with van der Waals surface area (Å²) >= 11 is 0. The summed E-state index contributed by atoms with van der Waals surface area (Å²) in [4.78, 5) is 10.7. The second-order valence-corrected chi connectivity index (χ2v) is 4.60. The van der Waals surface area contributed by atoms with E-state index in [4.69, 9.17) is 15.9 Å². The fourth-order valence-corrected chi connectivity index (χ4v) is 2.29. The lowest BCUT2D eigenvalue weighted by Crippen LogP contribution is -2.43. The molecule has 2 atom stereocenters. The maximum atomic E-state index is 7.29. The fourth-order valence-electron chi connectivity index (χ4n) is 2.29. The molecule has 2 rings (SSSR count). The molecule has 0 bridgehead atoms. The van der Waals surface area contributed by atoms with Crippen molar-refractivity contribution in [1.29, 1.82) is 5.41 Å². The molecule has 0 saturated carbocycles. The third-order valence-electron chi connectivity index (χ3n) is 3.37. The highest BCUT2D eigenvalue weighted by atomic mass is 16.5. The highest BCUT2D eigenvalue weighted by Crippen LogP contribution is 2.23. The average molecular weight is 249 g/mol. The number of nitrogens with zero attached hydrogens (tertiary/aromatic N) is 3. The first kappa shape index (κ1) is 12.8. The number of piperidine rings is 1. The molecule has 1 aliphatic rings. The van der Waals surface area contributed by atoms with Gasteiger partial charge in [-0.25, -0.2) is 9.97 Å². The van der Waals surface area contributed by atoms with Crippen molar-refractivity contribution >= 4 is 11.7 Å². The predicted octanol–water partition coefficient (Wildman–Crippen LogP) is 0.764. The Hall–Kier alpha value is -1.69. The topological polar surface area (TPSA) is 88.1 Å². The molecule has 0 amide bonds. The Morgan fingerprint density at radius 1 is 1.50 bits per heavy atom. The highest BCUT2D eigenvalue weighted by molar-refractivity contribution is 5.92. The quantitative estimate of drug-likeness (QED) is 0.610. The minimum atomic E-state index is -0.0554. The number of amidine groups is 1. The molecular weight excluding hydrogens is 230 g/mol. The smallest absolute Gasteiger partial charge is 0.147 e. The van der Waals surface area contributed by atoms with Crippen LogP contribution >= 0.6 is 0 Å². The molecule has 2 heterocycles. The maximum Gasteiger partial charge on any atom is 0.147 e. The Morgan fingerprint density at radius 3 is 2.78 bits per heavy atom. The molecule has 98 valence electrons. The molecule has 0 aliphatic carbocycles. The Balaban J connectivity index is 2.10. The number of hydrogen-bond acceptors (Lipinski definition) is 5. The first-order chi connectivity index (χ1) is 8.61. The van der Waals surface area contributed by atoms with Gasteiger partial charge in [0.2, 0.25) is 0 Å². The van der Waals surface area contributed by atoms with Crippen molar-refractivity contribution < 1.29 is 4.74 Å². The molecule has 1 aromatic rings. The number of nitrogen functional groups attached to an aromatic ring is 1. The SMILES string of the molecule is COC1CCN(c2cnc(C(=N)N)cn2)C(C)C1. The van der Waals surface area contributed by atoms with E-state index in [0.29, 0.717) is 17.8 Å². The van der Waals surface area contributed by atoms with E-state index in [1.807, 2.05) is 0 Å². The number of ether oxygens (including phenoxy) is 1. The largest absolute Gasteiger partial charge is 0.382 e. The second kappa shape index (κ2) is 5.30. The average Bonchev–Trinajstić information content (AvgIpc) is 2.38. The van der Waals surface area contributed by atoms with Crippen LogP contribution in [0.4, 0.5) is 5.82 Å². The second-order valence-electron chi connectivity index (χ2n) is 4.60. The first-order valence-corrected chi connectivity index (χ1v) is 6.07. The van der Waals surface area contributed by atoms with Crippen LogP contribution in [0.15, 0.2) is 12.4 Å². The molecule has 2 unspecified atom stereocenters. The number of nitrogens with one attached hydrogen (secondary N) is 1. The summed E-state index contributed by atoms with van der Waals surface area (Å²) in [5, 5.41) is 7.29. The first-order valence-electron chi connectivity index (χ1n) is 6.07. The Morgan fingerprint density at radius 2 is 2.28 bits per heavy atom. The van der Waals surface area contributed by atoms with Gasteiger partial charge in [0, 0.05) is 19.7 Å². The lowest BCUT2D eigenvalue weighted by Gasteiger charge is -2.37. The summed E-state index contributed by atoms with van der Waals surface area (Å²) in [6.07, 6.45) is 5.55. The molecular formula is C12H19N5O. The number of methoxy groups -OCH3 is 1. The summed E-state index contributed by atoms with van der Waals surface area (Å²) in [6, 6.07) is 0.376. The third kappa shape index (κ3) is 2.59. The van der Waals surface area contributed by atoms with Crippen LogP contribution in [0, 0.1) is 5.41 Å². The molecule has 0 radical (unpaired) electrons. The normalized spacial score (nSPS) is 24.0. The van der Waals surface area contributed by atoms with Crippen LogP contribution in [0.3, 0.4) is 0 Å². The van der Waals surface area contributed by atoms with Crippen molar-refractivity contribution in [3.8, 4) is 0 Å². The Labute approximate surface area is 107 Å². The molecule has 6 nitrogen and oxygen atoms in total. The van der Waals surface area contributed by atoms with Gasteiger partial charge in [-0.05, 0) is 19.8 Å². The van der Waals surface area contributed by atoms with Crippen LogP contribution in [0.2, 0.25) is 0 Å². The zero-order valence-electron chi connectivity index (χ0n) is 10.8. The molecule has 6 heteroatoms. The Bertz CT molecular complexity index is 419. The van der Waals surface area contributed by atoms with Crippen molar-refractivity contribution in [3.63, 3.8) is 0 Å². The van der Waals surface area contributed by atoms with Crippen molar-refractivity contribution in [2.75, 3.05) is 18.6 Å². The lowest BCUT2D eigenvalue weighted by atomic mass is 10.0. The molecule has 3 N–H and O–H groups in total. The van der Waals surface area contributed by atoms with Gasteiger partial charge in [0.15, 0.2) is 0 Å². The van der Waals surface area contributed by atoms with E-state index >= 15 is 0 Å². The van der Waals surface area contributed by atoms with Crippen LogP contribution in [-0.4, -0.2) is 41.6 Å². The summed E-state index contributed by atoms with van der Waals surface area (Å²) in [5.74, 6) is 0.780. The van der Waals surface area contributed by atoms with Crippen molar-refractivity contribution in [3.05, 3.63) is 18.1 Å². The summed E-state index contributed by atoms with van der Waals surface area (Å²) in [5.41, 5.74) is 5.77. The van der Waals surface area contributed by atoms with Crippen LogP contribution in [0.1, 0.15) is 25.5 Å². The monoisotopic (exact) mass is 249 g/mol. The summed E-state index contributed by atoms with van der Waals surface area (Å²) in [7, 11) is 1.76.